The Bertz CT molecular complexity index is 1200. The Morgan fingerprint density at radius 3 is 2.50 bits per heavy atom. The van der Waals surface area contributed by atoms with Gasteiger partial charge in [-0.05, 0) is 55.7 Å². The van der Waals surface area contributed by atoms with Crippen molar-refractivity contribution in [2.45, 2.75) is 24.3 Å². The molecule has 0 atom stereocenters. The highest BCUT2D eigenvalue weighted by molar-refractivity contribution is 8.00. The van der Waals surface area contributed by atoms with Crippen molar-refractivity contribution in [1.29, 1.82) is 0 Å². The average Bonchev–Trinajstić information content (AvgIpc) is 3.29. The Morgan fingerprint density at radius 1 is 0.938 bits per heavy atom. The second-order valence-corrected chi connectivity index (χ2v) is 8.70. The molecule has 0 spiro atoms. The number of hydrogen-bond acceptors (Lipinski definition) is 6. The van der Waals surface area contributed by atoms with E-state index < -0.39 is 0 Å². The summed E-state index contributed by atoms with van der Waals surface area (Å²) < 4.78 is 1.78. The van der Waals surface area contributed by atoms with Crippen molar-refractivity contribution in [3.63, 3.8) is 0 Å². The van der Waals surface area contributed by atoms with Crippen LogP contribution < -0.4 is 10.2 Å². The number of fused-ring (bicyclic) bond motifs is 1. The third-order valence-corrected chi connectivity index (χ3v) is 6.55. The van der Waals surface area contributed by atoms with Gasteiger partial charge in [0.1, 0.15) is 11.4 Å². The maximum Gasteiger partial charge on any atom is 0.234 e. The van der Waals surface area contributed by atoms with Crippen LogP contribution in [-0.2, 0) is 4.79 Å². The number of aromatic nitrogens is 4. The fourth-order valence-corrected chi connectivity index (χ4v) is 4.70. The van der Waals surface area contributed by atoms with Gasteiger partial charge >= 0.3 is 0 Å². The minimum absolute atomic E-state index is 0.0667. The van der Waals surface area contributed by atoms with Crippen molar-refractivity contribution in [1.82, 2.24) is 19.7 Å². The highest BCUT2D eigenvalue weighted by Gasteiger charge is 2.14. The number of piperidine rings is 1. The number of amides is 1. The summed E-state index contributed by atoms with van der Waals surface area (Å²) in [5.41, 5.74) is 3.68. The highest BCUT2D eigenvalue weighted by atomic mass is 32.2. The molecule has 0 radical (unpaired) electrons. The van der Waals surface area contributed by atoms with E-state index in [-0.39, 0.29) is 11.7 Å². The van der Waals surface area contributed by atoms with Crippen LogP contribution in [0.4, 0.5) is 11.4 Å². The third-order valence-electron chi connectivity index (χ3n) is 5.54. The molecule has 0 saturated carbocycles. The van der Waals surface area contributed by atoms with Gasteiger partial charge in [-0.2, -0.15) is 5.10 Å². The Morgan fingerprint density at radius 2 is 1.72 bits per heavy atom. The quantitative estimate of drug-likeness (QED) is 0.348. The lowest BCUT2D eigenvalue weighted by Gasteiger charge is -2.28. The van der Waals surface area contributed by atoms with E-state index in [0.29, 0.717) is 0 Å². The largest absolute Gasteiger partial charge is 0.372 e. The van der Waals surface area contributed by atoms with Crippen LogP contribution in [0.1, 0.15) is 19.3 Å². The van der Waals surface area contributed by atoms with Crippen molar-refractivity contribution in [3.05, 3.63) is 67.1 Å². The van der Waals surface area contributed by atoms with Gasteiger partial charge in [-0.15, -0.1) is 0 Å². The first-order chi connectivity index (χ1) is 15.8. The summed E-state index contributed by atoms with van der Waals surface area (Å²) in [6.45, 7) is 2.22. The first-order valence-electron chi connectivity index (χ1n) is 10.8. The highest BCUT2D eigenvalue weighted by Crippen LogP contribution is 2.26. The molecule has 2 aromatic carbocycles. The molecule has 32 heavy (non-hydrogen) atoms. The van der Waals surface area contributed by atoms with Crippen molar-refractivity contribution >= 4 is 40.1 Å². The molecule has 4 aromatic rings. The van der Waals surface area contributed by atoms with Gasteiger partial charge in [0.05, 0.1) is 23.0 Å². The zero-order valence-electron chi connectivity index (χ0n) is 17.6. The lowest BCUT2D eigenvalue weighted by Crippen LogP contribution is -2.29. The van der Waals surface area contributed by atoms with Gasteiger partial charge in [0.25, 0.3) is 0 Å². The second kappa shape index (κ2) is 9.40. The molecule has 0 unspecified atom stereocenters. The van der Waals surface area contributed by atoms with Gasteiger partial charge in [0.2, 0.25) is 5.91 Å². The smallest absolute Gasteiger partial charge is 0.234 e. The van der Waals surface area contributed by atoms with E-state index in [1.54, 1.807) is 10.9 Å². The van der Waals surface area contributed by atoms with Crippen LogP contribution in [0, 0.1) is 0 Å². The molecule has 1 N–H and O–H groups in total. The zero-order valence-corrected chi connectivity index (χ0v) is 18.5. The molecule has 2 aromatic heterocycles. The lowest BCUT2D eigenvalue weighted by molar-refractivity contribution is -0.113. The number of benzene rings is 2. The molecule has 8 heteroatoms. The van der Waals surface area contributed by atoms with Crippen molar-refractivity contribution < 1.29 is 4.79 Å². The fourth-order valence-electron chi connectivity index (χ4n) is 3.93. The Kier molecular flexibility index (Phi) is 6.02. The van der Waals surface area contributed by atoms with Crippen LogP contribution in [-0.4, -0.2) is 44.5 Å². The topological polar surface area (TPSA) is 75.9 Å². The minimum Gasteiger partial charge on any atom is -0.372 e. The maximum atomic E-state index is 12.5. The lowest BCUT2D eigenvalue weighted by atomic mass is 10.1. The molecule has 1 aliphatic heterocycles. The molecule has 1 fully saturated rings. The number of nitrogens with zero attached hydrogens (tertiary/aromatic N) is 5. The molecule has 0 bridgehead atoms. The number of anilines is 2. The second-order valence-electron chi connectivity index (χ2n) is 7.74. The molecule has 0 aliphatic carbocycles. The van der Waals surface area contributed by atoms with Gasteiger partial charge in [0, 0.05) is 24.5 Å². The molecule has 162 valence electrons. The van der Waals surface area contributed by atoms with E-state index in [1.807, 2.05) is 42.5 Å². The first-order valence-corrected chi connectivity index (χ1v) is 11.8. The number of thioether (sulfide) groups is 1. The van der Waals surface area contributed by atoms with E-state index >= 15 is 0 Å². The number of para-hydroxylation sites is 1. The van der Waals surface area contributed by atoms with Crippen LogP contribution in [0.5, 0.6) is 0 Å². The Hall–Kier alpha value is -3.39. The third kappa shape index (κ3) is 4.45. The van der Waals surface area contributed by atoms with Crippen molar-refractivity contribution in [2.75, 3.05) is 29.1 Å². The SMILES string of the molecule is O=C(CSc1ncnc2c1cnn2-c1ccccc1)Nc1ccc(N2CCCCC2)cc1. The molecular formula is C24H24N6OS. The average molecular weight is 445 g/mol. The van der Waals surface area contributed by atoms with Crippen molar-refractivity contribution in [2.24, 2.45) is 0 Å². The normalized spacial score (nSPS) is 13.9. The fraction of sp³-hybridized carbons (Fsp3) is 0.250. The van der Waals surface area contributed by atoms with Gasteiger partial charge in [-0.25, -0.2) is 14.6 Å². The summed E-state index contributed by atoms with van der Waals surface area (Å²) in [4.78, 5) is 23.7. The number of hydrogen-bond donors (Lipinski definition) is 1. The van der Waals surface area contributed by atoms with Gasteiger partial charge in [-0.3, -0.25) is 4.79 Å². The molecule has 1 saturated heterocycles. The summed E-state index contributed by atoms with van der Waals surface area (Å²) >= 11 is 1.39. The zero-order chi connectivity index (χ0) is 21.8. The molecule has 3 heterocycles. The van der Waals surface area contributed by atoms with E-state index in [4.69, 9.17) is 0 Å². The number of carbonyl (C=O) groups is 1. The first kappa shape index (κ1) is 20.5. The number of carbonyl (C=O) groups excluding carboxylic acids is 1. The van der Waals surface area contributed by atoms with Crippen LogP contribution in [0.3, 0.4) is 0 Å². The van der Waals surface area contributed by atoms with Crippen LogP contribution in [0.25, 0.3) is 16.7 Å². The van der Waals surface area contributed by atoms with Crippen LogP contribution in [0.2, 0.25) is 0 Å². The van der Waals surface area contributed by atoms with Crippen LogP contribution >= 0.6 is 11.8 Å². The van der Waals surface area contributed by atoms with Gasteiger partial charge < -0.3 is 10.2 Å². The van der Waals surface area contributed by atoms with E-state index in [1.165, 1.54) is 43.0 Å². The number of rotatable bonds is 6. The standard InChI is InChI=1S/C24H24N6OS/c31-22(28-18-9-11-19(12-10-18)29-13-5-2-6-14-29)16-32-24-21-15-27-30(23(21)25-17-26-24)20-7-3-1-4-8-20/h1,3-4,7-12,15,17H,2,5-6,13-14,16H2,(H,28,31). The number of nitrogens with one attached hydrogen (secondary N) is 1. The van der Waals surface area contributed by atoms with E-state index in [0.717, 1.165) is 40.5 Å². The summed E-state index contributed by atoms with van der Waals surface area (Å²) in [6.07, 6.45) is 7.07. The van der Waals surface area contributed by atoms with Crippen molar-refractivity contribution in [3.8, 4) is 5.69 Å². The summed E-state index contributed by atoms with van der Waals surface area (Å²) in [5.74, 6) is 0.194. The van der Waals surface area contributed by atoms with Crippen LogP contribution in [0.15, 0.2) is 72.1 Å². The predicted octanol–water partition coefficient (Wildman–Crippen LogP) is 4.54. The van der Waals surface area contributed by atoms with E-state index in [9.17, 15) is 4.79 Å². The summed E-state index contributed by atoms with van der Waals surface area (Å²) in [7, 11) is 0. The molecule has 7 nitrogen and oxygen atoms in total. The van der Waals surface area contributed by atoms with Gasteiger partial charge in [0.15, 0.2) is 5.65 Å². The predicted molar refractivity (Wildman–Crippen MR) is 129 cm³/mol. The Labute approximate surface area is 190 Å². The molecule has 1 amide bonds. The monoisotopic (exact) mass is 444 g/mol. The summed E-state index contributed by atoms with van der Waals surface area (Å²) in [5, 5.41) is 9.02. The molecule has 1 aliphatic rings. The van der Waals surface area contributed by atoms with Gasteiger partial charge in [-0.1, -0.05) is 30.0 Å². The van der Waals surface area contributed by atoms with E-state index in [2.05, 4.69) is 37.4 Å². The summed E-state index contributed by atoms with van der Waals surface area (Å²) in [6, 6.07) is 18.0. The Balaban J connectivity index is 1.23. The molecule has 5 rings (SSSR count). The minimum atomic E-state index is -0.0667. The maximum absolute atomic E-state index is 12.5. The molecular weight excluding hydrogens is 420 g/mol.